The number of benzene rings is 1. The maximum atomic E-state index is 13.4. The van der Waals surface area contributed by atoms with Gasteiger partial charge in [-0.2, -0.15) is 0 Å². The van der Waals surface area contributed by atoms with Crippen LogP contribution >= 0.6 is 0 Å². The van der Waals surface area contributed by atoms with Crippen LogP contribution in [0.5, 0.6) is 5.75 Å². The molecule has 0 atom stereocenters. The van der Waals surface area contributed by atoms with Gasteiger partial charge in [-0.15, -0.1) is 0 Å². The van der Waals surface area contributed by atoms with Crippen LogP contribution in [0.3, 0.4) is 0 Å². The van der Waals surface area contributed by atoms with Crippen molar-refractivity contribution < 1.29 is 23.0 Å². The maximum absolute atomic E-state index is 13.4. The number of amides is 1. The molecule has 1 aromatic rings. The first-order valence-corrected chi connectivity index (χ1v) is 6.34. The van der Waals surface area contributed by atoms with E-state index in [1.165, 1.54) is 7.11 Å². The highest BCUT2D eigenvalue weighted by atomic mass is 19.1. The molecule has 1 N–H and O–H groups in total. The number of anilines is 1. The molecule has 0 bridgehead atoms. The molecular weight excluding hydrogens is 268 g/mol. The quantitative estimate of drug-likeness (QED) is 0.784. The fraction of sp³-hybridized carbons (Fsp3) is 0.500. The zero-order valence-electron chi connectivity index (χ0n) is 11.8. The molecule has 0 saturated heterocycles. The molecule has 0 radical (unpaired) electrons. The van der Waals surface area contributed by atoms with Crippen LogP contribution < -0.4 is 10.1 Å². The monoisotopic (exact) mass is 287 g/mol. The van der Waals surface area contributed by atoms with Gasteiger partial charge in [0.25, 0.3) is 0 Å². The van der Waals surface area contributed by atoms with Gasteiger partial charge in [0.2, 0.25) is 5.91 Å². The summed E-state index contributed by atoms with van der Waals surface area (Å²) in [5.74, 6) is -2.17. The number of hydrogen-bond donors (Lipinski definition) is 1. The first kappa shape index (κ1) is 16.4. The lowest BCUT2D eigenvalue weighted by Crippen LogP contribution is -2.15. The van der Waals surface area contributed by atoms with Crippen molar-refractivity contribution in [1.29, 1.82) is 0 Å². The van der Waals surface area contributed by atoms with E-state index in [0.29, 0.717) is 12.5 Å². The van der Waals surface area contributed by atoms with Crippen LogP contribution in [-0.4, -0.2) is 26.2 Å². The summed E-state index contributed by atoms with van der Waals surface area (Å²) in [6.07, 6.45) is 0.127. The molecule has 1 aromatic carbocycles. The van der Waals surface area contributed by atoms with Crippen molar-refractivity contribution in [1.82, 2.24) is 0 Å². The van der Waals surface area contributed by atoms with Gasteiger partial charge in [-0.05, 0) is 5.92 Å². The molecule has 0 aliphatic carbocycles. The first-order chi connectivity index (χ1) is 9.43. The summed E-state index contributed by atoms with van der Waals surface area (Å²) in [6, 6.07) is 2.02. The van der Waals surface area contributed by atoms with E-state index in [1.807, 2.05) is 13.8 Å². The van der Waals surface area contributed by atoms with Gasteiger partial charge in [-0.25, -0.2) is 8.78 Å². The molecule has 112 valence electrons. The van der Waals surface area contributed by atoms with Crippen LogP contribution in [0.15, 0.2) is 12.1 Å². The Balaban J connectivity index is 2.50. The summed E-state index contributed by atoms with van der Waals surface area (Å²) in [4.78, 5) is 11.6. The van der Waals surface area contributed by atoms with Gasteiger partial charge in [0.1, 0.15) is 0 Å². The van der Waals surface area contributed by atoms with Gasteiger partial charge in [0.15, 0.2) is 17.4 Å². The average molecular weight is 287 g/mol. The largest absolute Gasteiger partial charge is 0.491 e. The Morgan fingerprint density at radius 2 is 1.90 bits per heavy atom. The lowest BCUT2D eigenvalue weighted by atomic mass is 10.2. The highest BCUT2D eigenvalue weighted by Gasteiger charge is 2.12. The standard InChI is InChI=1S/C14H19F2NO3/c1-9(2)8-20-5-4-13(18)17-10-6-11(15)14(19-3)12(16)7-10/h6-7,9H,4-5,8H2,1-3H3,(H,17,18). The molecule has 0 aliphatic heterocycles. The highest BCUT2D eigenvalue weighted by Crippen LogP contribution is 2.25. The topological polar surface area (TPSA) is 47.6 Å². The molecule has 0 fully saturated rings. The van der Waals surface area contributed by atoms with E-state index in [4.69, 9.17) is 4.74 Å². The van der Waals surface area contributed by atoms with Crippen molar-refractivity contribution in [2.24, 2.45) is 5.92 Å². The molecule has 4 nitrogen and oxygen atoms in total. The van der Waals surface area contributed by atoms with Crippen LogP contribution in [0.1, 0.15) is 20.3 Å². The van der Waals surface area contributed by atoms with E-state index < -0.39 is 17.4 Å². The number of hydrogen-bond acceptors (Lipinski definition) is 3. The minimum atomic E-state index is -0.862. The summed E-state index contributed by atoms with van der Waals surface area (Å²) in [5.41, 5.74) is 0.0506. The van der Waals surface area contributed by atoms with E-state index in [0.717, 1.165) is 12.1 Å². The van der Waals surface area contributed by atoms with Gasteiger partial charge < -0.3 is 14.8 Å². The Morgan fingerprint density at radius 3 is 2.40 bits per heavy atom. The lowest BCUT2D eigenvalue weighted by molar-refractivity contribution is -0.117. The van der Waals surface area contributed by atoms with Crippen molar-refractivity contribution in [3.8, 4) is 5.75 Å². The molecule has 0 spiro atoms. The Bertz CT molecular complexity index is 441. The number of ether oxygens (including phenoxy) is 2. The minimum Gasteiger partial charge on any atom is -0.491 e. The second-order valence-electron chi connectivity index (χ2n) is 4.74. The second kappa shape index (κ2) is 7.79. The van der Waals surface area contributed by atoms with Gasteiger partial charge in [0.05, 0.1) is 20.1 Å². The highest BCUT2D eigenvalue weighted by molar-refractivity contribution is 5.90. The Hall–Kier alpha value is -1.69. The molecule has 20 heavy (non-hydrogen) atoms. The predicted molar refractivity (Wildman–Crippen MR) is 71.8 cm³/mol. The fourth-order valence-electron chi connectivity index (χ4n) is 1.53. The SMILES string of the molecule is COc1c(F)cc(NC(=O)CCOCC(C)C)cc1F. The molecule has 1 rings (SSSR count). The molecule has 0 aliphatic rings. The van der Waals surface area contributed by atoms with Crippen molar-refractivity contribution in [3.05, 3.63) is 23.8 Å². The predicted octanol–water partition coefficient (Wildman–Crippen LogP) is 2.97. The third-order valence-electron chi connectivity index (χ3n) is 2.41. The number of halogens is 2. The van der Waals surface area contributed by atoms with E-state index in [-0.39, 0.29) is 24.6 Å². The molecule has 0 saturated carbocycles. The Morgan fingerprint density at radius 1 is 1.30 bits per heavy atom. The summed E-state index contributed by atoms with van der Waals surface area (Å²) in [7, 11) is 1.17. The summed E-state index contributed by atoms with van der Waals surface area (Å²) in [5, 5.41) is 2.41. The Kier molecular flexibility index (Phi) is 6.38. The fourth-order valence-corrected chi connectivity index (χ4v) is 1.53. The third-order valence-corrected chi connectivity index (χ3v) is 2.41. The molecule has 0 aromatic heterocycles. The van der Waals surface area contributed by atoms with E-state index >= 15 is 0 Å². The van der Waals surface area contributed by atoms with Crippen molar-refractivity contribution in [2.75, 3.05) is 25.6 Å². The van der Waals surface area contributed by atoms with Crippen LogP contribution in [0.2, 0.25) is 0 Å². The van der Waals surface area contributed by atoms with Crippen molar-refractivity contribution in [3.63, 3.8) is 0 Å². The number of nitrogens with one attached hydrogen (secondary N) is 1. The zero-order chi connectivity index (χ0) is 15.1. The number of rotatable bonds is 7. The Labute approximate surface area is 117 Å². The lowest BCUT2D eigenvalue weighted by Gasteiger charge is -2.09. The first-order valence-electron chi connectivity index (χ1n) is 6.34. The van der Waals surface area contributed by atoms with Gasteiger partial charge in [-0.1, -0.05) is 13.8 Å². The molecule has 6 heteroatoms. The third kappa shape index (κ3) is 5.13. The van der Waals surface area contributed by atoms with Crippen LogP contribution in [0.4, 0.5) is 14.5 Å². The van der Waals surface area contributed by atoms with Crippen LogP contribution in [0, 0.1) is 17.6 Å². The van der Waals surface area contributed by atoms with Crippen molar-refractivity contribution in [2.45, 2.75) is 20.3 Å². The zero-order valence-corrected chi connectivity index (χ0v) is 11.8. The molecular formula is C14H19F2NO3. The molecule has 1 amide bonds. The van der Waals surface area contributed by atoms with E-state index in [2.05, 4.69) is 10.1 Å². The summed E-state index contributed by atoms with van der Waals surface area (Å²) < 4.78 is 36.6. The van der Waals surface area contributed by atoms with Gasteiger partial charge in [-0.3, -0.25) is 4.79 Å². The second-order valence-corrected chi connectivity index (χ2v) is 4.74. The van der Waals surface area contributed by atoms with E-state index in [1.54, 1.807) is 0 Å². The minimum absolute atomic E-state index is 0.0506. The smallest absolute Gasteiger partial charge is 0.226 e. The summed E-state index contributed by atoms with van der Waals surface area (Å²) in [6.45, 7) is 4.84. The van der Waals surface area contributed by atoms with Gasteiger partial charge in [0, 0.05) is 24.4 Å². The summed E-state index contributed by atoms with van der Waals surface area (Å²) >= 11 is 0. The van der Waals surface area contributed by atoms with E-state index in [9.17, 15) is 13.6 Å². The van der Waals surface area contributed by atoms with Crippen LogP contribution in [-0.2, 0) is 9.53 Å². The van der Waals surface area contributed by atoms with Crippen molar-refractivity contribution >= 4 is 11.6 Å². The normalized spacial score (nSPS) is 10.7. The van der Waals surface area contributed by atoms with Crippen LogP contribution in [0.25, 0.3) is 0 Å². The number of methoxy groups -OCH3 is 1. The molecule has 0 heterocycles. The van der Waals surface area contributed by atoms with Gasteiger partial charge >= 0.3 is 0 Å². The number of carbonyl (C=O) groups excluding carboxylic acids is 1. The maximum Gasteiger partial charge on any atom is 0.226 e. The average Bonchev–Trinajstić information content (AvgIpc) is 2.34. The molecule has 0 unspecified atom stereocenters. The number of carbonyl (C=O) groups is 1.